The van der Waals surface area contributed by atoms with Crippen molar-refractivity contribution in [1.82, 2.24) is 14.5 Å². The van der Waals surface area contributed by atoms with Gasteiger partial charge >= 0.3 is 0 Å². The standard InChI is InChI=1S/C18H26N4O2/c1-18(2,3)17-19-15(21-7-10-23-11-8-21)14-4-6-22(16(14)20-17)13-5-9-24-12-13/h4,6,13H,5,7-12H2,1-3H3/t13-/m0/s1. The summed E-state index contributed by atoms with van der Waals surface area (Å²) in [7, 11) is 0. The minimum Gasteiger partial charge on any atom is -0.379 e. The number of rotatable bonds is 2. The third kappa shape index (κ3) is 2.78. The van der Waals surface area contributed by atoms with Crippen molar-refractivity contribution >= 4 is 16.9 Å². The van der Waals surface area contributed by atoms with Crippen LogP contribution in [0.2, 0.25) is 0 Å². The fraction of sp³-hybridized carbons (Fsp3) is 0.667. The van der Waals surface area contributed by atoms with Crippen LogP contribution in [0.3, 0.4) is 0 Å². The number of hydrogen-bond donors (Lipinski definition) is 0. The Morgan fingerprint density at radius 1 is 1.08 bits per heavy atom. The summed E-state index contributed by atoms with van der Waals surface area (Å²) >= 11 is 0. The molecule has 6 nitrogen and oxygen atoms in total. The summed E-state index contributed by atoms with van der Waals surface area (Å²) in [6, 6.07) is 2.54. The number of aromatic nitrogens is 3. The minimum absolute atomic E-state index is 0.0868. The van der Waals surface area contributed by atoms with E-state index in [1.165, 1.54) is 0 Å². The van der Waals surface area contributed by atoms with Crippen LogP contribution in [0.4, 0.5) is 5.82 Å². The van der Waals surface area contributed by atoms with E-state index < -0.39 is 0 Å². The highest BCUT2D eigenvalue weighted by molar-refractivity contribution is 5.88. The van der Waals surface area contributed by atoms with E-state index in [1.54, 1.807) is 0 Å². The number of fused-ring (bicyclic) bond motifs is 1. The molecule has 0 spiro atoms. The molecular weight excluding hydrogens is 304 g/mol. The van der Waals surface area contributed by atoms with Gasteiger partial charge in [-0.25, -0.2) is 9.97 Å². The third-order valence-electron chi connectivity index (χ3n) is 4.83. The summed E-state index contributed by atoms with van der Waals surface area (Å²) in [5.74, 6) is 1.95. The molecule has 2 aliphatic heterocycles. The Labute approximate surface area is 142 Å². The maximum Gasteiger partial charge on any atom is 0.146 e. The van der Waals surface area contributed by atoms with Crippen molar-refractivity contribution in [3.05, 3.63) is 18.1 Å². The van der Waals surface area contributed by atoms with Crippen LogP contribution in [0, 0.1) is 0 Å². The van der Waals surface area contributed by atoms with Gasteiger partial charge in [0.15, 0.2) is 0 Å². The lowest BCUT2D eigenvalue weighted by atomic mass is 9.95. The second-order valence-corrected chi connectivity index (χ2v) is 7.70. The van der Waals surface area contributed by atoms with Crippen LogP contribution in [0.5, 0.6) is 0 Å². The third-order valence-corrected chi connectivity index (χ3v) is 4.83. The van der Waals surface area contributed by atoms with Crippen molar-refractivity contribution in [3.8, 4) is 0 Å². The van der Waals surface area contributed by atoms with Gasteiger partial charge in [-0.1, -0.05) is 20.8 Å². The van der Waals surface area contributed by atoms with Crippen molar-refractivity contribution < 1.29 is 9.47 Å². The monoisotopic (exact) mass is 330 g/mol. The van der Waals surface area contributed by atoms with E-state index in [2.05, 4.69) is 42.5 Å². The Morgan fingerprint density at radius 2 is 1.88 bits per heavy atom. The van der Waals surface area contributed by atoms with Crippen LogP contribution < -0.4 is 4.90 Å². The quantitative estimate of drug-likeness (QED) is 0.847. The van der Waals surface area contributed by atoms with E-state index in [-0.39, 0.29) is 5.41 Å². The molecule has 0 amide bonds. The van der Waals surface area contributed by atoms with Crippen LogP contribution in [-0.4, -0.2) is 54.1 Å². The van der Waals surface area contributed by atoms with Crippen molar-refractivity contribution in [1.29, 1.82) is 0 Å². The normalized spacial score (nSPS) is 22.5. The van der Waals surface area contributed by atoms with Crippen molar-refractivity contribution in [2.75, 3.05) is 44.4 Å². The van der Waals surface area contributed by atoms with Crippen LogP contribution in [-0.2, 0) is 14.9 Å². The molecule has 24 heavy (non-hydrogen) atoms. The Hall–Kier alpha value is -1.66. The van der Waals surface area contributed by atoms with Crippen LogP contribution in [0.25, 0.3) is 11.0 Å². The number of morpholine rings is 1. The van der Waals surface area contributed by atoms with E-state index in [4.69, 9.17) is 19.4 Å². The zero-order chi connectivity index (χ0) is 16.7. The summed E-state index contributed by atoms with van der Waals surface area (Å²) < 4.78 is 13.4. The molecule has 130 valence electrons. The van der Waals surface area contributed by atoms with Crippen LogP contribution in [0.15, 0.2) is 12.3 Å². The predicted octanol–water partition coefficient (Wildman–Crippen LogP) is 2.53. The molecule has 0 unspecified atom stereocenters. The lowest BCUT2D eigenvalue weighted by molar-refractivity contribution is 0.122. The molecule has 0 N–H and O–H groups in total. The molecule has 4 rings (SSSR count). The van der Waals surface area contributed by atoms with E-state index in [1.807, 2.05) is 0 Å². The van der Waals surface area contributed by atoms with Crippen LogP contribution >= 0.6 is 0 Å². The Balaban J connectivity index is 1.86. The lowest BCUT2D eigenvalue weighted by Gasteiger charge is -2.29. The lowest BCUT2D eigenvalue weighted by Crippen LogP contribution is -2.37. The maximum atomic E-state index is 5.58. The second kappa shape index (κ2) is 6.01. The summed E-state index contributed by atoms with van der Waals surface area (Å²) in [5, 5.41) is 1.14. The number of anilines is 1. The fourth-order valence-corrected chi connectivity index (χ4v) is 3.41. The first-order valence-electron chi connectivity index (χ1n) is 8.83. The second-order valence-electron chi connectivity index (χ2n) is 7.70. The Kier molecular flexibility index (Phi) is 3.96. The predicted molar refractivity (Wildman–Crippen MR) is 93.7 cm³/mol. The molecule has 0 aliphatic carbocycles. The molecule has 2 aromatic rings. The smallest absolute Gasteiger partial charge is 0.146 e. The molecule has 2 saturated heterocycles. The van der Waals surface area contributed by atoms with Crippen molar-refractivity contribution in [2.24, 2.45) is 0 Å². The summed E-state index contributed by atoms with van der Waals surface area (Å²) in [6.45, 7) is 11.4. The van der Waals surface area contributed by atoms with Gasteiger partial charge in [-0.15, -0.1) is 0 Å². The van der Waals surface area contributed by atoms with Crippen LogP contribution in [0.1, 0.15) is 39.1 Å². The number of hydrogen-bond acceptors (Lipinski definition) is 5. The molecule has 0 saturated carbocycles. The Morgan fingerprint density at radius 3 is 2.54 bits per heavy atom. The molecule has 2 fully saturated rings. The van der Waals surface area contributed by atoms with Gasteiger partial charge in [0.1, 0.15) is 17.3 Å². The number of ether oxygens (including phenoxy) is 2. The molecule has 6 heteroatoms. The van der Waals surface area contributed by atoms with Gasteiger partial charge in [-0.3, -0.25) is 0 Å². The maximum absolute atomic E-state index is 5.58. The molecular formula is C18H26N4O2. The van der Waals surface area contributed by atoms with Gasteiger partial charge < -0.3 is 18.9 Å². The first-order chi connectivity index (χ1) is 11.5. The molecule has 0 bridgehead atoms. The first kappa shape index (κ1) is 15.8. The first-order valence-corrected chi connectivity index (χ1v) is 8.83. The molecule has 4 heterocycles. The Bertz CT molecular complexity index is 722. The molecule has 1 atom stereocenters. The topological polar surface area (TPSA) is 52.4 Å². The molecule has 0 aromatic carbocycles. The number of nitrogens with zero attached hydrogens (tertiary/aromatic N) is 4. The molecule has 2 aliphatic rings. The largest absolute Gasteiger partial charge is 0.379 e. The van der Waals surface area contributed by atoms with Gasteiger partial charge in [0, 0.05) is 31.3 Å². The average Bonchev–Trinajstić information content (AvgIpc) is 3.22. The van der Waals surface area contributed by atoms with Crippen molar-refractivity contribution in [3.63, 3.8) is 0 Å². The van der Waals surface area contributed by atoms with Gasteiger partial charge in [0.05, 0.1) is 31.2 Å². The van der Waals surface area contributed by atoms with Gasteiger partial charge in [0.25, 0.3) is 0 Å². The van der Waals surface area contributed by atoms with Gasteiger partial charge in [0.2, 0.25) is 0 Å². The molecule has 0 radical (unpaired) electrons. The summed E-state index contributed by atoms with van der Waals surface area (Å²) in [6.07, 6.45) is 3.20. The fourth-order valence-electron chi connectivity index (χ4n) is 3.41. The van der Waals surface area contributed by atoms with E-state index >= 15 is 0 Å². The molecule has 2 aromatic heterocycles. The van der Waals surface area contributed by atoms with E-state index in [0.717, 1.165) is 68.6 Å². The highest BCUT2D eigenvalue weighted by atomic mass is 16.5. The zero-order valence-corrected chi connectivity index (χ0v) is 14.8. The van der Waals surface area contributed by atoms with E-state index in [9.17, 15) is 0 Å². The average molecular weight is 330 g/mol. The van der Waals surface area contributed by atoms with Gasteiger partial charge in [-0.05, 0) is 12.5 Å². The summed E-state index contributed by atoms with van der Waals surface area (Å²) in [5.41, 5.74) is 0.947. The zero-order valence-electron chi connectivity index (χ0n) is 14.8. The SMILES string of the molecule is CC(C)(C)c1nc(N2CCOCC2)c2ccn([C@H]3CCOC3)c2n1. The highest BCUT2D eigenvalue weighted by Crippen LogP contribution is 2.32. The van der Waals surface area contributed by atoms with Crippen molar-refractivity contribution in [2.45, 2.75) is 38.6 Å². The highest BCUT2D eigenvalue weighted by Gasteiger charge is 2.26. The minimum atomic E-state index is -0.0868. The van der Waals surface area contributed by atoms with E-state index in [0.29, 0.717) is 6.04 Å². The summed E-state index contributed by atoms with van der Waals surface area (Å²) in [4.78, 5) is 12.2. The van der Waals surface area contributed by atoms with Gasteiger partial charge in [-0.2, -0.15) is 0 Å².